The van der Waals surface area contributed by atoms with E-state index >= 15 is 0 Å². The van der Waals surface area contributed by atoms with Gasteiger partial charge in [-0.25, -0.2) is 0 Å². The summed E-state index contributed by atoms with van der Waals surface area (Å²) in [4.78, 5) is 14.1. The first-order valence-corrected chi connectivity index (χ1v) is 8.49. The minimum Gasteiger partial charge on any atom is -0.508 e. The molecule has 2 atom stereocenters. The number of rotatable bonds is 6. The van der Waals surface area contributed by atoms with Crippen molar-refractivity contribution in [2.75, 3.05) is 19.6 Å². The lowest BCUT2D eigenvalue weighted by Gasteiger charge is -2.45. The van der Waals surface area contributed by atoms with Gasteiger partial charge in [0.1, 0.15) is 11.5 Å². The molecular weight excluding hydrogens is 310 g/mol. The maximum Gasteiger partial charge on any atom is 0.134 e. The van der Waals surface area contributed by atoms with Crippen molar-refractivity contribution in [2.24, 2.45) is 5.92 Å². The van der Waals surface area contributed by atoms with Crippen molar-refractivity contribution in [2.45, 2.75) is 51.9 Å². The molecule has 0 saturated carbocycles. The molecule has 130 valence electrons. The fourth-order valence-corrected chi connectivity index (χ4v) is 3.50. The minimum absolute atomic E-state index is 0. The van der Waals surface area contributed by atoms with Gasteiger partial charge in [-0.05, 0) is 48.4 Å². The van der Waals surface area contributed by atoms with E-state index in [0.717, 1.165) is 32.5 Å². The normalized spacial score (nSPS) is 24.9. The lowest BCUT2D eigenvalue weighted by molar-refractivity contribution is -0.119. The van der Waals surface area contributed by atoms with Gasteiger partial charge in [0.2, 0.25) is 0 Å². The van der Waals surface area contributed by atoms with E-state index in [2.05, 4.69) is 31.7 Å². The molecule has 23 heavy (non-hydrogen) atoms. The molecule has 0 spiro atoms. The van der Waals surface area contributed by atoms with E-state index in [1.165, 1.54) is 5.56 Å². The van der Waals surface area contributed by atoms with E-state index < -0.39 is 0 Å². The molecule has 1 fully saturated rings. The van der Waals surface area contributed by atoms with Gasteiger partial charge in [0.25, 0.3) is 0 Å². The maximum atomic E-state index is 11.7. The Morgan fingerprint density at radius 2 is 2.13 bits per heavy atom. The third-order valence-corrected chi connectivity index (χ3v) is 5.31. The van der Waals surface area contributed by atoms with Crippen LogP contribution in [0.2, 0.25) is 0 Å². The fourth-order valence-electron chi connectivity index (χ4n) is 3.50. The van der Waals surface area contributed by atoms with E-state index in [1.54, 1.807) is 6.07 Å². The zero-order valence-corrected chi connectivity index (χ0v) is 15.4. The molecule has 1 aromatic rings. The summed E-state index contributed by atoms with van der Waals surface area (Å²) >= 11 is 0. The van der Waals surface area contributed by atoms with Crippen LogP contribution in [0.5, 0.6) is 5.75 Å². The molecule has 0 aromatic heterocycles. The molecule has 1 aliphatic rings. The quantitative estimate of drug-likeness (QED) is 0.845. The van der Waals surface area contributed by atoms with E-state index in [1.807, 2.05) is 12.1 Å². The van der Waals surface area contributed by atoms with Crippen molar-refractivity contribution in [1.82, 2.24) is 4.90 Å². The van der Waals surface area contributed by atoms with Crippen LogP contribution in [0.4, 0.5) is 0 Å². The molecule has 0 bridgehead atoms. The lowest BCUT2D eigenvalue weighted by Crippen LogP contribution is -2.47. The first kappa shape index (κ1) is 20.0. The van der Waals surface area contributed by atoms with E-state index in [9.17, 15) is 9.90 Å². The maximum absolute atomic E-state index is 11.7. The number of benzene rings is 1. The molecule has 0 aliphatic carbocycles. The zero-order chi connectivity index (χ0) is 16.2. The summed E-state index contributed by atoms with van der Waals surface area (Å²) in [5, 5.41) is 9.74. The van der Waals surface area contributed by atoms with Crippen molar-refractivity contribution in [3.05, 3.63) is 29.8 Å². The predicted octanol–water partition coefficient (Wildman–Crippen LogP) is 4.17. The van der Waals surface area contributed by atoms with Gasteiger partial charge in [-0.3, -0.25) is 4.79 Å². The number of phenols is 1. The molecule has 0 amide bonds. The van der Waals surface area contributed by atoms with Gasteiger partial charge in [0.05, 0.1) is 0 Å². The Morgan fingerprint density at radius 3 is 2.74 bits per heavy atom. The number of ketones is 1. The first-order chi connectivity index (χ1) is 10.5. The third-order valence-electron chi connectivity index (χ3n) is 5.31. The Morgan fingerprint density at radius 1 is 1.39 bits per heavy atom. The summed E-state index contributed by atoms with van der Waals surface area (Å²) in [7, 11) is 0. The SMILES string of the molecule is CCCC(=O)CCN1CC[C@](C)(c2cccc(O)c2)[C@@H](C)C1.Cl. The van der Waals surface area contributed by atoms with Crippen molar-refractivity contribution in [1.29, 1.82) is 0 Å². The Labute approximate surface area is 146 Å². The lowest BCUT2D eigenvalue weighted by atomic mass is 9.68. The average molecular weight is 340 g/mol. The second-order valence-electron chi connectivity index (χ2n) is 6.96. The summed E-state index contributed by atoms with van der Waals surface area (Å²) in [5.74, 6) is 1.24. The summed E-state index contributed by atoms with van der Waals surface area (Å²) in [6, 6.07) is 7.68. The van der Waals surface area contributed by atoms with Crippen LogP contribution >= 0.6 is 12.4 Å². The number of Topliss-reactive ketones (excluding diaryl/α,β-unsaturated/α-hetero) is 1. The molecule has 2 rings (SSSR count). The average Bonchev–Trinajstić information content (AvgIpc) is 2.49. The van der Waals surface area contributed by atoms with Gasteiger partial charge < -0.3 is 10.0 Å². The molecule has 4 heteroatoms. The fraction of sp³-hybridized carbons (Fsp3) is 0.632. The standard InChI is InChI=1S/C19H29NO2.ClH/c1-4-6-17(21)9-11-20-12-10-19(3,15(2)14-20)16-7-5-8-18(22)13-16;/h5,7-8,13,15,22H,4,6,9-12,14H2,1-3H3;1H/t15-,19-;/m0./s1. The number of aromatic hydroxyl groups is 1. The summed E-state index contributed by atoms with van der Waals surface area (Å²) in [6.45, 7) is 9.57. The number of nitrogens with zero attached hydrogens (tertiary/aromatic N) is 1. The van der Waals surface area contributed by atoms with Crippen LogP contribution in [0.25, 0.3) is 0 Å². The minimum atomic E-state index is 0. The second kappa shape index (κ2) is 8.70. The third kappa shape index (κ3) is 4.95. The summed E-state index contributed by atoms with van der Waals surface area (Å²) in [6.07, 6.45) is 3.41. The molecule has 0 radical (unpaired) electrons. The zero-order valence-electron chi connectivity index (χ0n) is 14.5. The largest absolute Gasteiger partial charge is 0.508 e. The Kier molecular flexibility index (Phi) is 7.56. The number of likely N-dealkylation sites (tertiary alicyclic amines) is 1. The van der Waals surface area contributed by atoms with Gasteiger partial charge in [0, 0.05) is 25.9 Å². The van der Waals surface area contributed by atoms with Gasteiger partial charge in [0.15, 0.2) is 0 Å². The highest BCUT2D eigenvalue weighted by Crippen LogP contribution is 2.40. The molecular formula is C19H30ClNO2. The van der Waals surface area contributed by atoms with Gasteiger partial charge in [-0.15, -0.1) is 12.4 Å². The topological polar surface area (TPSA) is 40.5 Å². The molecule has 0 unspecified atom stereocenters. The number of carbonyl (C=O) groups is 1. The van der Waals surface area contributed by atoms with Crippen LogP contribution in [0.3, 0.4) is 0 Å². The number of halogens is 1. The highest BCUT2D eigenvalue weighted by atomic mass is 35.5. The number of carbonyl (C=O) groups excluding carboxylic acids is 1. The van der Waals surface area contributed by atoms with Crippen molar-refractivity contribution < 1.29 is 9.90 Å². The number of hydrogen-bond donors (Lipinski definition) is 1. The van der Waals surface area contributed by atoms with Crippen molar-refractivity contribution in [3.8, 4) is 5.75 Å². The molecule has 1 saturated heterocycles. The van der Waals surface area contributed by atoms with Crippen molar-refractivity contribution in [3.63, 3.8) is 0 Å². The number of hydrogen-bond acceptors (Lipinski definition) is 3. The molecule has 1 aliphatic heterocycles. The number of piperidine rings is 1. The smallest absolute Gasteiger partial charge is 0.134 e. The summed E-state index contributed by atoms with van der Waals surface area (Å²) in [5.41, 5.74) is 1.32. The summed E-state index contributed by atoms with van der Waals surface area (Å²) < 4.78 is 0. The molecule has 1 heterocycles. The molecule has 3 nitrogen and oxygen atoms in total. The Bertz CT molecular complexity index is 520. The van der Waals surface area contributed by atoms with E-state index in [0.29, 0.717) is 30.3 Å². The van der Waals surface area contributed by atoms with Crippen LogP contribution in [-0.4, -0.2) is 35.4 Å². The van der Waals surface area contributed by atoms with Crippen LogP contribution in [0.1, 0.15) is 52.0 Å². The second-order valence-corrected chi connectivity index (χ2v) is 6.96. The number of phenolic OH excluding ortho intramolecular Hbond substituents is 1. The van der Waals surface area contributed by atoms with Crippen LogP contribution in [0, 0.1) is 5.92 Å². The van der Waals surface area contributed by atoms with E-state index in [4.69, 9.17) is 0 Å². The molecule has 1 aromatic carbocycles. The van der Waals surface area contributed by atoms with Crippen LogP contribution in [0.15, 0.2) is 24.3 Å². The first-order valence-electron chi connectivity index (χ1n) is 8.49. The van der Waals surface area contributed by atoms with Gasteiger partial charge in [-0.1, -0.05) is 32.9 Å². The predicted molar refractivity (Wildman–Crippen MR) is 97.5 cm³/mol. The Balaban J connectivity index is 0.00000264. The van der Waals surface area contributed by atoms with Crippen LogP contribution < -0.4 is 0 Å². The van der Waals surface area contributed by atoms with Crippen molar-refractivity contribution >= 4 is 18.2 Å². The van der Waals surface area contributed by atoms with Gasteiger partial charge in [-0.2, -0.15) is 0 Å². The van der Waals surface area contributed by atoms with Gasteiger partial charge >= 0.3 is 0 Å². The molecule has 1 N–H and O–H groups in total. The highest BCUT2D eigenvalue weighted by molar-refractivity contribution is 5.85. The monoisotopic (exact) mass is 339 g/mol. The highest BCUT2D eigenvalue weighted by Gasteiger charge is 2.37. The van der Waals surface area contributed by atoms with Crippen LogP contribution in [-0.2, 0) is 10.2 Å². The van der Waals surface area contributed by atoms with E-state index in [-0.39, 0.29) is 17.8 Å². The Hall–Kier alpha value is -1.06.